The number of amides is 1. The minimum atomic E-state index is 0.167. The van der Waals surface area contributed by atoms with Crippen LogP contribution in [0.25, 0.3) is 0 Å². The van der Waals surface area contributed by atoms with Crippen molar-refractivity contribution in [1.29, 1.82) is 0 Å². The molecule has 1 aliphatic rings. The molecule has 0 radical (unpaired) electrons. The van der Waals surface area contributed by atoms with E-state index in [0.29, 0.717) is 11.8 Å². The number of carbonyl (C=O) groups is 1. The summed E-state index contributed by atoms with van der Waals surface area (Å²) in [5, 5.41) is 0. The summed E-state index contributed by atoms with van der Waals surface area (Å²) in [7, 11) is 4.20. The Balaban J connectivity index is 2.34. The van der Waals surface area contributed by atoms with Gasteiger partial charge in [-0.05, 0) is 26.9 Å². The van der Waals surface area contributed by atoms with Crippen LogP contribution in [0.1, 0.15) is 12.8 Å². The van der Waals surface area contributed by atoms with E-state index in [-0.39, 0.29) is 5.91 Å². The van der Waals surface area contributed by atoms with Gasteiger partial charge in [-0.15, -0.1) is 0 Å². The van der Waals surface area contributed by atoms with Gasteiger partial charge in [0, 0.05) is 19.1 Å². The monoisotopic (exact) mass is 202 g/mol. The fourth-order valence-corrected chi connectivity index (χ4v) is 1.93. The first kappa shape index (κ1) is 10.9. The number of rotatable bonds is 2. The zero-order chi connectivity index (χ0) is 9.84. The van der Waals surface area contributed by atoms with Gasteiger partial charge in [0.1, 0.15) is 0 Å². The third-order valence-electron chi connectivity index (χ3n) is 2.68. The van der Waals surface area contributed by atoms with Gasteiger partial charge in [-0.1, -0.05) is 0 Å². The second-order valence-electron chi connectivity index (χ2n) is 3.73. The predicted octanol–water partition coefficient (Wildman–Crippen LogP) is 0.469. The van der Waals surface area contributed by atoms with E-state index in [2.05, 4.69) is 31.6 Å². The van der Waals surface area contributed by atoms with Gasteiger partial charge in [-0.3, -0.25) is 4.79 Å². The van der Waals surface area contributed by atoms with E-state index in [1.807, 2.05) is 4.90 Å². The fourth-order valence-electron chi connectivity index (χ4n) is 1.73. The van der Waals surface area contributed by atoms with Crippen molar-refractivity contribution in [2.45, 2.75) is 18.9 Å². The van der Waals surface area contributed by atoms with Crippen LogP contribution in [0.2, 0.25) is 0 Å². The molecule has 1 saturated heterocycles. The Hall–Kier alpha value is -0.220. The lowest BCUT2D eigenvalue weighted by molar-refractivity contribution is -0.129. The average molecular weight is 202 g/mol. The summed E-state index contributed by atoms with van der Waals surface area (Å²) < 4.78 is 0. The standard InChI is InChI=1S/C9H18N2OS/c1-10(2)8-3-5-11(6-4-8)9(12)7-13/h8,13H,3-7H2,1-2H3. The number of hydrogen-bond acceptors (Lipinski definition) is 3. The van der Waals surface area contributed by atoms with Crippen molar-refractivity contribution in [3.63, 3.8) is 0 Å². The molecule has 0 aromatic heterocycles. The molecule has 0 saturated carbocycles. The number of nitrogens with zero attached hydrogens (tertiary/aromatic N) is 2. The lowest BCUT2D eigenvalue weighted by Gasteiger charge is -2.35. The third kappa shape index (κ3) is 2.88. The minimum Gasteiger partial charge on any atom is -0.342 e. The summed E-state index contributed by atoms with van der Waals surface area (Å²) in [5.74, 6) is 0.507. The molecule has 1 heterocycles. The molecule has 0 aromatic carbocycles. The van der Waals surface area contributed by atoms with Crippen molar-refractivity contribution in [1.82, 2.24) is 9.80 Å². The Kier molecular flexibility index (Phi) is 4.06. The quantitative estimate of drug-likeness (QED) is 0.658. The lowest BCUT2D eigenvalue weighted by atomic mass is 10.0. The van der Waals surface area contributed by atoms with Gasteiger partial charge in [0.15, 0.2) is 0 Å². The topological polar surface area (TPSA) is 23.6 Å². The average Bonchev–Trinajstić information content (AvgIpc) is 2.17. The highest BCUT2D eigenvalue weighted by molar-refractivity contribution is 7.81. The first-order valence-electron chi connectivity index (χ1n) is 4.70. The summed E-state index contributed by atoms with van der Waals surface area (Å²) >= 11 is 3.99. The minimum absolute atomic E-state index is 0.167. The zero-order valence-electron chi connectivity index (χ0n) is 8.36. The first-order valence-corrected chi connectivity index (χ1v) is 5.33. The van der Waals surface area contributed by atoms with Crippen molar-refractivity contribution in [3.05, 3.63) is 0 Å². The van der Waals surface area contributed by atoms with Gasteiger partial charge >= 0.3 is 0 Å². The molecular weight excluding hydrogens is 184 g/mol. The van der Waals surface area contributed by atoms with E-state index in [9.17, 15) is 4.79 Å². The molecule has 1 fully saturated rings. The van der Waals surface area contributed by atoms with Gasteiger partial charge in [-0.25, -0.2) is 0 Å². The van der Waals surface area contributed by atoms with E-state index in [4.69, 9.17) is 0 Å². The molecule has 0 atom stereocenters. The van der Waals surface area contributed by atoms with E-state index >= 15 is 0 Å². The highest BCUT2D eigenvalue weighted by Gasteiger charge is 2.22. The molecule has 0 aromatic rings. The van der Waals surface area contributed by atoms with Crippen LogP contribution < -0.4 is 0 Å². The number of piperidine rings is 1. The van der Waals surface area contributed by atoms with Gasteiger partial charge < -0.3 is 9.80 Å². The molecule has 0 bridgehead atoms. The van der Waals surface area contributed by atoms with Crippen molar-refractivity contribution >= 4 is 18.5 Å². The van der Waals surface area contributed by atoms with Crippen molar-refractivity contribution in [2.24, 2.45) is 0 Å². The molecule has 1 amide bonds. The van der Waals surface area contributed by atoms with Gasteiger partial charge in [-0.2, -0.15) is 12.6 Å². The molecule has 0 spiro atoms. The van der Waals surface area contributed by atoms with E-state index in [1.54, 1.807) is 0 Å². The van der Waals surface area contributed by atoms with Gasteiger partial charge in [0.2, 0.25) is 5.91 Å². The summed E-state index contributed by atoms with van der Waals surface area (Å²) in [4.78, 5) is 15.4. The highest BCUT2D eigenvalue weighted by atomic mass is 32.1. The molecular formula is C9H18N2OS. The molecule has 1 aliphatic heterocycles. The summed E-state index contributed by atoms with van der Waals surface area (Å²) in [6.07, 6.45) is 2.18. The molecule has 0 N–H and O–H groups in total. The van der Waals surface area contributed by atoms with Crippen LogP contribution in [0.4, 0.5) is 0 Å². The number of carbonyl (C=O) groups excluding carboxylic acids is 1. The molecule has 4 heteroatoms. The van der Waals surface area contributed by atoms with Crippen LogP contribution >= 0.6 is 12.6 Å². The molecule has 1 rings (SSSR count). The van der Waals surface area contributed by atoms with Crippen molar-refractivity contribution in [3.8, 4) is 0 Å². The first-order chi connectivity index (χ1) is 6.15. The second kappa shape index (κ2) is 4.86. The summed E-state index contributed by atoms with van der Waals surface area (Å²) in [6, 6.07) is 0.643. The smallest absolute Gasteiger partial charge is 0.232 e. The van der Waals surface area contributed by atoms with Crippen LogP contribution in [0, 0.1) is 0 Å². The Morgan fingerprint density at radius 2 is 2.00 bits per heavy atom. The van der Waals surface area contributed by atoms with Crippen molar-refractivity contribution in [2.75, 3.05) is 32.9 Å². The number of hydrogen-bond donors (Lipinski definition) is 1. The largest absolute Gasteiger partial charge is 0.342 e. The Morgan fingerprint density at radius 1 is 1.46 bits per heavy atom. The maximum Gasteiger partial charge on any atom is 0.232 e. The van der Waals surface area contributed by atoms with Crippen LogP contribution in [-0.4, -0.2) is 54.7 Å². The predicted molar refractivity (Wildman–Crippen MR) is 57.1 cm³/mol. The Morgan fingerprint density at radius 3 is 2.38 bits per heavy atom. The molecule has 0 aliphatic carbocycles. The SMILES string of the molecule is CN(C)C1CCN(C(=O)CS)CC1. The molecule has 76 valence electrons. The van der Waals surface area contributed by atoms with Crippen LogP contribution in [0.5, 0.6) is 0 Å². The van der Waals surface area contributed by atoms with E-state index < -0.39 is 0 Å². The highest BCUT2D eigenvalue weighted by Crippen LogP contribution is 2.14. The van der Waals surface area contributed by atoms with Crippen molar-refractivity contribution < 1.29 is 4.79 Å². The summed E-state index contributed by atoms with van der Waals surface area (Å²) in [5.41, 5.74) is 0. The second-order valence-corrected chi connectivity index (χ2v) is 4.05. The zero-order valence-corrected chi connectivity index (χ0v) is 9.26. The van der Waals surface area contributed by atoms with Crippen LogP contribution in [0.15, 0.2) is 0 Å². The normalized spacial score (nSPS) is 19.5. The van der Waals surface area contributed by atoms with Crippen LogP contribution in [-0.2, 0) is 4.79 Å². The third-order valence-corrected chi connectivity index (χ3v) is 2.95. The number of likely N-dealkylation sites (tertiary alicyclic amines) is 1. The molecule has 3 nitrogen and oxygen atoms in total. The Labute approximate surface area is 85.5 Å². The van der Waals surface area contributed by atoms with Gasteiger partial charge in [0.05, 0.1) is 5.75 Å². The van der Waals surface area contributed by atoms with Gasteiger partial charge in [0.25, 0.3) is 0 Å². The fraction of sp³-hybridized carbons (Fsp3) is 0.889. The number of thiol groups is 1. The van der Waals surface area contributed by atoms with E-state index in [1.165, 1.54) is 0 Å². The Bertz CT molecular complexity index is 176. The molecule has 0 unspecified atom stereocenters. The molecule has 13 heavy (non-hydrogen) atoms. The maximum atomic E-state index is 11.3. The van der Waals surface area contributed by atoms with E-state index in [0.717, 1.165) is 25.9 Å². The van der Waals surface area contributed by atoms with Crippen LogP contribution in [0.3, 0.4) is 0 Å². The maximum absolute atomic E-state index is 11.3. The lowest BCUT2D eigenvalue weighted by Crippen LogP contribution is -2.44. The summed E-state index contributed by atoms with van der Waals surface area (Å²) in [6.45, 7) is 1.78.